The number of aromatic nitrogens is 4. The van der Waals surface area contributed by atoms with Crippen LogP contribution in [0.1, 0.15) is 48.3 Å². The lowest BCUT2D eigenvalue weighted by Gasteiger charge is -2.29. The number of nitrogens with zero attached hydrogens (tertiary/aromatic N) is 5. The quantitative estimate of drug-likeness (QED) is 0.302. The van der Waals surface area contributed by atoms with Gasteiger partial charge in [-0.25, -0.2) is 9.61 Å². The Morgan fingerprint density at radius 1 is 1.18 bits per heavy atom. The van der Waals surface area contributed by atoms with Gasteiger partial charge in [0.2, 0.25) is 5.91 Å². The maximum absolute atomic E-state index is 13.3. The van der Waals surface area contributed by atoms with E-state index in [1.807, 2.05) is 23.1 Å². The zero-order valence-corrected chi connectivity index (χ0v) is 21.8. The molecule has 0 radical (unpaired) electrons. The molecule has 2 aromatic heterocycles. The van der Waals surface area contributed by atoms with Gasteiger partial charge in [0, 0.05) is 25.5 Å². The van der Waals surface area contributed by atoms with Crippen molar-refractivity contribution >= 4 is 23.5 Å². The minimum Gasteiger partial charge on any atom is -0.481 e. The summed E-state index contributed by atoms with van der Waals surface area (Å²) in [6.07, 6.45) is 3.20. The van der Waals surface area contributed by atoms with Crippen LogP contribution in [-0.4, -0.2) is 66.7 Å². The van der Waals surface area contributed by atoms with Crippen molar-refractivity contribution in [2.75, 3.05) is 18.4 Å². The number of nitrogens with one attached hydrogen (secondary N) is 2. The Bertz CT molecular complexity index is 1400. The number of carbonyl (C=O) groups is 3. The van der Waals surface area contributed by atoms with Crippen molar-refractivity contribution in [2.45, 2.75) is 58.3 Å². The number of hydrogen-bond acceptors (Lipinski definition) is 10. The highest BCUT2D eigenvalue weighted by Crippen LogP contribution is 2.19. The fraction of sp³-hybridized carbons (Fsp3) is 0.423. The van der Waals surface area contributed by atoms with E-state index in [9.17, 15) is 24.3 Å². The normalized spacial score (nSPS) is 14.7. The third kappa shape index (κ3) is 6.74. The molecule has 3 N–H and O–H groups in total. The number of amides is 1. The predicted molar refractivity (Wildman–Crippen MR) is 139 cm³/mol. The molecule has 13 nitrogen and oxygen atoms in total. The molecule has 0 fully saturated rings. The van der Waals surface area contributed by atoms with Gasteiger partial charge in [0.05, 0.1) is 25.6 Å². The maximum Gasteiger partial charge on any atom is 0.305 e. The summed E-state index contributed by atoms with van der Waals surface area (Å²) in [6, 6.07) is 5.76. The number of carboxylic acid groups (broad SMARTS) is 1. The molecular weight excluding hydrogens is 506 g/mol. The summed E-state index contributed by atoms with van der Waals surface area (Å²) in [7, 11) is 0. The molecule has 4 rings (SSSR count). The van der Waals surface area contributed by atoms with Crippen molar-refractivity contribution in [1.82, 2.24) is 30.1 Å². The number of carboxylic acids is 1. The van der Waals surface area contributed by atoms with E-state index in [2.05, 4.69) is 36.6 Å². The average Bonchev–Trinajstić information content (AvgIpc) is 3.33. The van der Waals surface area contributed by atoms with Crippen LogP contribution in [0.3, 0.4) is 0 Å². The minimum atomic E-state index is -1.24. The highest BCUT2D eigenvalue weighted by atomic mass is 16.6. The van der Waals surface area contributed by atoms with E-state index >= 15 is 0 Å². The van der Waals surface area contributed by atoms with Gasteiger partial charge < -0.3 is 15.7 Å². The first-order valence-corrected chi connectivity index (χ1v) is 12.7. The molecular formula is C26H31N7O6. The van der Waals surface area contributed by atoms with E-state index in [0.29, 0.717) is 24.5 Å². The van der Waals surface area contributed by atoms with Crippen molar-refractivity contribution in [1.29, 1.82) is 0 Å². The van der Waals surface area contributed by atoms with Crippen LogP contribution < -0.4 is 16.2 Å². The first-order valence-electron chi connectivity index (χ1n) is 12.7. The van der Waals surface area contributed by atoms with Gasteiger partial charge in [-0.2, -0.15) is 0 Å². The molecule has 206 valence electrons. The number of aliphatic carboxylic acids is 1. The van der Waals surface area contributed by atoms with Crippen molar-refractivity contribution in [2.24, 2.45) is 0 Å². The van der Waals surface area contributed by atoms with E-state index in [4.69, 9.17) is 0 Å². The van der Waals surface area contributed by atoms with Gasteiger partial charge in [-0.3, -0.25) is 28.6 Å². The number of anilines is 1. The van der Waals surface area contributed by atoms with Gasteiger partial charge in [-0.1, -0.05) is 41.5 Å². The van der Waals surface area contributed by atoms with E-state index in [-0.39, 0.29) is 25.3 Å². The second-order valence-corrected chi connectivity index (χ2v) is 9.42. The van der Waals surface area contributed by atoms with Crippen molar-refractivity contribution in [3.8, 4) is 0 Å². The molecule has 0 spiro atoms. The largest absolute Gasteiger partial charge is 0.481 e. The Kier molecular flexibility index (Phi) is 8.81. The molecule has 0 saturated heterocycles. The van der Waals surface area contributed by atoms with Crippen LogP contribution in [0.15, 0.2) is 46.1 Å². The van der Waals surface area contributed by atoms with Crippen molar-refractivity contribution < 1.29 is 24.1 Å². The maximum atomic E-state index is 13.3. The molecule has 2 atom stereocenters. The number of aryl methyl sites for hydroxylation is 1. The Morgan fingerprint density at radius 3 is 2.64 bits per heavy atom. The van der Waals surface area contributed by atoms with E-state index in [1.165, 1.54) is 22.5 Å². The number of ketones is 1. The molecule has 13 heteroatoms. The highest BCUT2D eigenvalue weighted by molar-refractivity contribution is 5.94. The molecule has 0 unspecified atom stereocenters. The summed E-state index contributed by atoms with van der Waals surface area (Å²) in [5, 5.41) is 22.3. The SMILES string of the molecule is CC[C@@H](C(=O)N[C@@H](CC(=O)O)C(=O)CN1CCc2ccccc2C1)n1ccnc(NCc2nonc2C)c1=O. The minimum absolute atomic E-state index is 0.00292. The van der Waals surface area contributed by atoms with Crippen LogP contribution in [0.5, 0.6) is 0 Å². The lowest BCUT2D eigenvalue weighted by Crippen LogP contribution is -2.49. The lowest BCUT2D eigenvalue weighted by atomic mass is 9.99. The number of hydrogen-bond donors (Lipinski definition) is 3. The number of carbonyl (C=O) groups excluding carboxylic acids is 2. The lowest BCUT2D eigenvalue weighted by molar-refractivity contribution is -0.140. The summed E-state index contributed by atoms with van der Waals surface area (Å²) in [6.45, 7) is 4.79. The number of benzene rings is 1. The van der Waals surface area contributed by atoms with Gasteiger partial charge in [0.25, 0.3) is 5.56 Å². The molecule has 0 aliphatic carbocycles. The summed E-state index contributed by atoms with van der Waals surface area (Å²) in [4.78, 5) is 57.1. The van der Waals surface area contributed by atoms with Gasteiger partial charge >= 0.3 is 5.97 Å². The predicted octanol–water partition coefficient (Wildman–Crippen LogP) is 1.08. The topological polar surface area (TPSA) is 173 Å². The molecule has 1 amide bonds. The summed E-state index contributed by atoms with van der Waals surface area (Å²) in [5.41, 5.74) is 2.86. The third-order valence-corrected chi connectivity index (χ3v) is 6.74. The average molecular weight is 538 g/mol. The van der Waals surface area contributed by atoms with Gasteiger partial charge in [0.1, 0.15) is 17.4 Å². The van der Waals surface area contributed by atoms with E-state index in [1.54, 1.807) is 13.8 Å². The zero-order chi connectivity index (χ0) is 27.9. The van der Waals surface area contributed by atoms with Crippen LogP contribution in [-0.2, 0) is 33.9 Å². The fourth-order valence-electron chi connectivity index (χ4n) is 4.58. The Labute approximate surface area is 224 Å². The second-order valence-electron chi connectivity index (χ2n) is 9.42. The molecule has 3 aromatic rings. The number of Topliss-reactive ketones (excluding diaryl/α,β-unsaturated/α-hetero) is 1. The Morgan fingerprint density at radius 2 is 1.95 bits per heavy atom. The molecule has 1 aliphatic rings. The zero-order valence-electron chi connectivity index (χ0n) is 21.8. The van der Waals surface area contributed by atoms with E-state index in [0.717, 1.165) is 12.0 Å². The van der Waals surface area contributed by atoms with Crippen LogP contribution in [0, 0.1) is 6.92 Å². The monoisotopic (exact) mass is 537 g/mol. The van der Waals surface area contributed by atoms with Crippen LogP contribution in [0.4, 0.5) is 5.82 Å². The van der Waals surface area contributed by atoms with Gasteiger partial charge in [0.15, 0.2) is 11.6 Å². The summed E-state index contributed by atoms with van der Waals surface area (Å²) >= 11 is 0. The van der Waals surface area contributed by atoms with Crippen molar-refractivity contribution in [3.63, 3.8) is 0 Å². The highest BCUT2D eigenvalue weighted by Gasteiger charge is 2.30. The number of fused-ring (bicyclic) bond motifs is 1. The van der Waals surface area contributed by atoms with Crippen LogP contribution in [0.25, 0.3) is 0 Å². The van der Waals surface area contributed by atoms with Crippen molar-refractivity contribution in [3.05, 3.63) is 69.5 Å². The second kappa shape index (κ2) is 12.4. The molecule has 3 heterocycles. The molecule has 39 heavy (non-hydrogen) atoms. The van der Waals surface area contributed by atoms with Crippen LogP contribution >= 0.6 is 0 Å². The van der Waals surface area contributed by atoms with E-state index < -0.39 is 41.7 Å². The first kappa shape index (κ1) is 27.6. The van der Waals surface area contributed by atoms with Gasteiger partial charge in [-0.05, 0) is 30.9 Å². The first-order chi connectivity index (χ1) is 18.8. The Balaban J connectivity index is 1.45. The molecule has 0 bridgehead atoms. The molecule has 0 saturated carbocycles. The fourth-order valence-corrected chi connectivity index (χ4v) is 4.58. The Hall–Kier alpha value is -4.39. The molecule has 1 aliphatic heterocycles. The van der Waals surface area contributed by atoms with Crippen LogP contribution in [0.2, 0.25) is 0 Å². The number of rotatable bonds is 12. The summed E-state index contributed by atoms with van der Waals surface area (Å²) < 4.78 is 5.86. The standard InChI is InChI=1S/C26H31N7O6/c1-3-21(33-11-9-27-24(26(33)38)28-13-20-16(2)30-39-31-20)25(37)29-19(12-23(35)36)22(34)15-32-10-8-17-6-4-5-7-18(17)14-32/h4-7,9,11,19,21H,3,8,10,12-15H2,1-2H3,(H,27,28)(H,29,37)(H,35,36)/t19-,21-/m0/s1. The smallest absolute Gasteiger partial charge is 0.305 e. The summed E-state index contributed by atoms with van der Waals surface area (Å²) in [5.74, 6) is -2.25. The van der Waals surface area contributed by atoms with Gasteiger partial charge in [-0.15, -0.1) is 0 Å². The molecule has 1 aromatic carbocycles. The third-order valence-electron chi connectivity index (χ3n) is 6.74.